The highest BCUT2D eigenvalue weighted by Crippen LogP contribution is 2.13. The number of carbonyl (C=O) groups excluding carboxylic acids is 1. The van der Waals surface area contributed by atoms with Crippen molar-refractivity contribution in [2.24, 2.45) is 0 Å². The summed E-state index contributed by atoms with van der Waals surface area (Å²) in [7, 11) is 0. The lowest BCUT2D eigenvalue weighted by atomic mass is 10.2. The Morgan fingerprint density at radius 3 is 3.06 bits per heavy atom. The lowest BCUT2D eigenvalue weighted by Gasteiger charge is -2.27. The third-order valence-corrected chi connectivity index (χ3v) is 3.28. The van der Waals surface area contributed by atoms with Crippen LogP contribution in [-0.4, -0.2) is 46.1 Å². The summed E-state index contributed by atoms with van der Waals surface area (Å²) in [5, 5.41) is 8.85. The molecule has 0 radical (unpaired) electrons. The Hall–Kier alpha value is -0.720. The van der Waals surface area contributed by atoms with Crippen molar-refractivity contribution in [1.29, 1.82) is 0 Å². The third-order valence-electron chi connectivity index (χ3n) is 2.78. The number of hydrogen-bond donors (Lipinski definition) is 1. The van der Waals surface area contributed by atoms with Gasteiger partial charge in [-0.2, -0.15) is 0 Å². The Balaban J connectivity index is 0.00000144. The largest absolute Gasteiger partial charge is 0.333 e. The fourth-order valence-corrected chi connectivity index (χ4v) is 2.43. The van der Waals surface area contributed by atoms with E-state index in [0.29, 0.717) is 11.7 Å². The molecule has 1 aromatic heterocycles. The highest BCUT2D eigenvalue weighted by molar-refractivity contribution is 7.03. The maximum Gasteiger partial charge on any atom is 0.275 e. The summed E-state index contributed by atoms with van der Waals surface area (Å²) < 4.78 is 3.74. The molecule has 1 amide bonds. The zero-order valence-corrected chi connectivity index (χ0v) is 11.4. The first-order valence-electron chi connectivity index (χ1n) is 5.61. The van der Waals surface area contributed by atoms with E-state index in [1.165, 1.54) is 11.5 Å². The number of hydrogen-bond acceptors (Lipinski definition) is 5. The fraction of sp³-hybridized carbons (Fsp3) is 0.700. The molecule has 96 valence electrons. The molecule has 1 aliphatic heterocycles. The van der Waals surface area contributed by atoms with Crippen molar-refractivity contribution in [3.8, 4) is 0 Å². The van der Waals surface area contributed by atoms with Gasteiger partial charge in [0.15, 0.2) is 5.69 Å². The highest BCUT2D eigenvalue weighted by Gasteiger charge is 2.27. The minimum atomic E-state index is 0. The van der Waals surface area contributed by atoms with Crippen LogP contribution in [0, 0.1) is 0 Å². The van der Waals surface area contributed by atoms with E-state index in [2.05, 4.69) is 21.8 Å². The van der Waals surface area contributed by atoms with Gasteiger partial charge in [0, 0.05) is 24.5 Å². The van der Waals surface area contributed by atoms with Crippen molar-refractivity contribution in [3.63, 3.8) is 0 Å². The first-order chi connectivity index (χ1) is 7.83. The summed E-state index contributed by atoms with van der Waals surface area (Å²) >= 11 is 1.22. The Bertz CT molecular complexity index is 340. The van der Waals surface area contributed by atoms with E-state index in [1.54, 1.807) is 5.38 Å². The van der Waals surface area contributed by atoms with Crippen molar-refractivity contribution in [3.05, 3.63) is 11.1 Å². The molecule has 1 aliphatic rings. The van der Waals surface area contributed by atoms with Gasteiger partial charge in [0.2, 0.25) is 0 Å². The number of halogens is 1. The molecule has 1 fully saturated rings. The molecule has 0 saturated carbocycles. The molecule has 2 rings (SSSR count). The van der Waals surface area contributed by atoms with E-state index in [4.69, 9.17) is 0 Å². The molecule has 5 nitrogen and oxygen atoms in total. The molecule has 7 heteroatoms. The quantitative estimate of drug-likeness (QED) is 0.897. The van der Waals surface area contributed by atoms with Gasteiger partial charge >= 0.3 is 0 Å². The van der Waals surface area contributed by atoms with Crippen LogP contribution in [0.2, 0.25) is 0 Å². The number of nitrogens with one attached hydrogen (secondary N) is 1. The van der Waals surface area contributed by atoms with Crippen LogP contribution in [0.15, 0.2) is 5.38 Å². The number of aromatic nitrogens is 2. The molecule has 1 N–H and O–H groups in total. The molecule has 0 bridgehead atoms. The minimum absolute atomic E-state index is 0. The summed E-state index contributed by atoms with van der Waals surface area (Å²) in [5.74, 6) is 0.0179. The Morgan fingerprint density at radius 2 is 2.53 bits per heavy atom. The summed E-state index contributed by atoms with van der Waals surface area (Å²) in [4.78, 5) is 14.1. The smallest absolute Gasteiger partial charge is 0.275 e. The molecule has 0 spiro atoms. The molecule has 2 heterocycles. The molecule has 1 unspecified atom stereocenters. The predicted molar refractivity (Wildman–Crippen MR) is 69.8 cm³/mol. The average molecular weight is 277 g/mol. The lowest BCUT2D eigenvalue weighted by molar-refractivity contribution is 0.0686. The fourth-order valence-electron chi connectivity index (χ4n) is 2.00. The van der Waals surface area contributed by atoms with Gasteiger partial charge in [-0.1, -0.05) is 11.4 Å². The number of carbonyl (C=O) groups is 1. The van der Waals surface area contributed by atoms with Crippen LogP contribution in [0.5, 0.6) is 0 Å². The molecule has 17 heavy (non-hydrogen) atoms. The molecule has 1 aromatic rings. The second-order valence-electron chi connectivity index (χ2n) is 3.94. The van der Waals surface area contributed by atoms with Crippen LogP contribution in [0.1, 0.15) is 30.3 Å². The summed E-state index contributed by atoms with van der Waals surface area (Å²) in [6.45, 7) is 4.77. The number of nitrogens with zero attached hydrogens (tertiary/aromatic N) is 3. The van der Waals surface area contributed by atoms with Gasteiger partial charge in [0.25, 0.3) is 5.91 Å². The SMILES string of the molecule is CCCN(C(=O)c1csnn1)C1CCNC1.Cl. The van der Waals surface area contributed by atoms with Crippen LogP contribution >= 0.6 is 23.9 Å². The third kappa shape index (κ3) is 3.37. The van der Waals surface area contributed by atoms with E-state index in [0.717, 1.165) is 32.5 Å². The molecular formula is C10H17ClN4OS. The average Bonchev–Trinajstić information content (AvgIpc) is 2.96. The van der Waals surface area contributed by atoms with E-state index in [-0.39, 0.29) is 18.3 Å². The molecule has 1 saturated heterocycles. The van der Waals surface area contributed by atoms with Crippen LogP contribution < -0.4 is 5.32 Å². The summed E-state index contributed by atoms with van der Waals surface area (Å²) in [6, 6.07) is 0.314. The molecule has 0 aromatic carbocycles. The van der Waals surface area contributed by atoms with Crippen LogP contribution in [-0.2, 0) is 0 Å². The maximum absolute atomic E-state index is 12.2. The molecule has 0 aliphatic carbocycles. The Labute approximate surface area is 111 Å². The standard InChI is InChI=1S/C10H16N4OS.ClH/c1-2-5-14(8-3-4-11-6-8)10(15)9-7-16-13-12-9;/h7-8,11H,2-6H2,1H3;1H. The van der Waals surface area contributed by atoms with E-state index in [9.17, 15) is 4.79 Å². The van der Waals surface area contributed by atoms with Crippen LogP contribution in [0.3, 0.4) is 0 Å². The van der Waals surface area contributed by atoms with Gasteiger partial charge in [0.1, 0.15) is 0 Å². The monoisotopic (exact) mass is 276 g/mol. The summed E-state index contributed by atoms with van der Waals surface area (Å²) in [6.07, 6.45) is 2.00. The van der Waals surface area contributed by atoms with Gasteiger partial charge in [-0.3, -0.25) is 4.79 Å². The van der Waals surface area contributed by atoms with Crippen LogP contribution in [0.4, 0.5) is 0 Å². The van der Waals surface area contributed by atoms with Crippen molar-refractivity contribution in [2.45, 2.75) is 25.8 Å². The maximum atomic E-state index is 12.2. The van der Waals surface area contributed by atoms with Gasteiger partial charge in [-0.05, 0) is 30.9 Å². The zero-order chi connectivity index (χ0) is 11.4. The van der Waals surface area contributed by atoms with Crippen molar-refractivity contribution in [1.82, 2.24) is 19.8 Å². The predicted octanol–water partition coefficient (Wildman–Crippen LogP) is 1.17. The van der Waals surface area contributed by atoms with E-state index < -0.39 is 0 Å². The highest BCUT2D eigenvalue weighted by atomic mass is 35.5. The van der Waals surface area contributed by atoms with Crippen molar-refractivity contribution in [2.75, 3.05) is 19.6 Å². The topological polar surface area (TPSA) is 58.1 Å². The van der Waals surface area contributed by atoms with E-state index in [1.807, 2.05) is 4.90 Å². The van der Waals surface area contributed by atoms with Crippen molar-refractivity contribution >= 4 is 29.8 Å². The first-order valence-corrected chi connectivity index (χ1v) is 6.45. The molecule has 1 atom stereocenters. The van der Waals surface area contributed by atoms with Gasteiger partial charge in [-0.15, -0.1) is 17.5 Å². The molecular weight excluding hydrogens is 260 g/mol. The summed E-state index contributed by atoms with van der Waals surface area (Å²) in [5.41, 5.74) is 0.477. The van der Waals surface area contributed by atoms with Gasteiger partial charge in [0.05, 0.1) is 0 Å². The normalized spacial score (nSPS) is 18.8. The van der Waals surface area contributed by atoms with Crippen LogP contribution in [0.25, 0.3) is 0 Å². The number of rotatable bonds is 4. The van der Waals surface area contributed by atoms with Gasteiger partial charge in [-0.25, -0.2) is 0 Å². The zero-order valence-electron chi connectivity index (χ0n) is 9.76. The Morgan fingerprint density at radius 1 is 1.71 bits per heavy atom. The lowest BCUT2D eigenvalue weighted by Crippen LogP contribution is -2.42. The second-order valence-corrected chi connectivity index (χ2v) is 4.55. The van der Waals surface area contributed by atoms with Crippen molar-refractivity contribution < 1.29 is 4.79 Å². The second kappa shape index (κ2) is 6.88. The van der Waals surface area contributed by atoms with Gasteiger partial charge < -0.3 is 10.2 Å². The first kappa shape index (κ1) is 14.3. The minimum Gasteiger partial charge on any atom is -0.333 e. The van der Waals surface area contributed by atoms with E-state index >= 15 is 0 Å². The number of amides is 1. The Kier molecular flexibility index (Phi) is 5.80.